The van der Waals surface area contributed by atoms with Gasteiger partial charge in [-0.25, -0.2) is 14.1 Å². The highest BCUT2D eigenvalue weighted by molar-refractivity contribution is 7.19. The molecule has 138 valence electrons. The molecule has 1 saturated carbocycles. The van der Waals surface area contributed by atoms with Gasteiger partial charge < -0.3 is 0 Å². The fraction of sp³-hybridized carbons (Fsp3) is 0.391. The number of hydrogen-bond acceptors (Lipinski definition) is 2. The van der Waals surface area contributed by atoms with Crippen LogP contribution in [-0.2, 0) is 7.05 Å². The number of rotatable bonds is 2. The summed E-state index contributed by atoms with van der Waals surface area (Å²) < 4.78 is 6.37. The number of nitrogens with zero attached hydrogens (tertiary/aromatic N) is 3. The molecule has 0 atom stereocenters. The maximum Gasteiger partial charge on any atom is 0.291 e. The largest absolute Gasteiger partial charge is 0.291 e. The van der Waals surface area contributed by atoms with E-state index in [1.165, 1.54) is 64.8 Å². The first-order chi connectivity index (χ1) is 13.1. The molecule has 0 saturated heterocycles. The van der Waals surface area contributed by atoms with Gasteiger partial charge in [0.25, 0.3) is 5.82 Å². The normalized spacial score (nSPS) is 15.8. The van der Waals surface area contributed by atoms with Crippen molar-refractivity contribution in [2.24, 2.45) is 7.05 Å². The van der Waals surface area contributed by atoms with E-state index in [-0.39, 0.29) is 0 Å². The van der Waals surface area contributed by atoms with Gasteiger partial charge in [-0.2, -0.15) is 0 Å². The van der Waals surface area contributed by atoms with Crippen molar-refractivity contribution in [3.05, 3.63) is 47.0 Å². The first-order valence-corrected chi connectivity index (χ1v) is 10.8. The Balaban J connectivity index is 1.89. The molecule has 2 heterocycles. The molecule has 0 amide bonds. The minimum Gasteiger partial charge on any atom is -0.241 e. The second-order valence-electron chi connectivity index (χ2n) is 7.87. The van der Waals surface area contributed by atoms with Crippen LogP contribution >= 0.6 is 11.3 Å². The number of benzene rings is 2. The first kappa shape index (κ1) is 16.9. The third-order valence-electron chi connectivity index (χ3n) is 6.08. The molecule has 0 radical (unpaired) electrons. The van der Waals surface area contributed by atoms with E-state index in [2.05, 4.69) is 66.4 Å². The Bertz CT molecular complexity index is 1150. The first-order valence-electron chi connectivity index (χ1n) is 10.0. The molecule has 1 aliphatic rings. The highest BCUT2D eigenvalue weighted by Gasteiger charge is 2.33. The lowest BCUT2D eigenvalue weighted by atomic mass is 9.94. The van der Waals surface area contributed by atoms with Gasteiger partial charge >= 0.3 is 0 Å². The van der Waals surface area contributed by atoms with Crippen molar-refractivity contribution in [3.63, 3.8) is 0 Å². The molecule has 2 aromatic heterocycles. The molecule has 0 spiro atoms. The minimum absolute atomic E-state index is 0.587. The summed E-state index contributed by atoms with van der Waals surface area (Å²) in [6, 6.07) is 13.9. The average molecular weight is 377 g/mol. The second kappa shape index (κ2) is 6.45. The lowest BCUT2D eigenvalue weighted by Gasteiger charge is -2.21. The Morgan fingerprint density at radius 2 is 1.81 bits per heavy atom. The van der Waals surface area contributed by atoms with Crippen molar-refractivity contribution in [2.75, 3.05) is 0 Å². The Hall–Kier alpha value is -2.20. The molecule has 0 bridgehead atoms. The fourth-order valence-corrected chi connectivity index (χ4v) is 5.83. The number of aryl methyl sites for hydroxylation is 3. The SMILES string of the molecule is Cc1nc2ccc(C)c(-c3n(C4CCCCC4)c4ccccc4[n+]3C)c2s1. The van der Waals surface area contributed by atoms with Gasteiger partial charge in [-0.3, -0.25) is 0 Å². The van der Waals surface area contributed by atoms with Crippen LogP contribution in [-0.4, -0.2) is 9.55 Å². The van der Waals surface area contributed by atoms with Crippen molar-refractivity contribution >= 4 is 32.6 Å². The van der Waals surface area contributed by atoms with Crippen LogP contribution in [0.15, 0.2) is 36.4 Å². The molecule has 3 nitrogen and oxygen atoms in total. The zero-order valence-electron chi connectivity index (χ0n) is 16.3. The summed E-state index contributed by atoms with van der Waals surface area (Å²) in [5, 5.41) is 1.14. The average Bonchev–Trinajstić information content (AvgIpc) is 3.20. The van der Waals surface area contributed by atoms with E-state index in [1.54, 1.807) is 0 Å². The van der Waals surface area contributed by atoms with Gasteiger partial charge in [0.2, 0.25) is 0 Å². The van der Waals surface area contributed by atoms with Crippen molar-refractivity contribution in [1.82, 2.24) is 9.55 Å². The summed E-state index contributed by atoms with van der Waals surface area (Å²) in [5.41, 5.74) is 6.50. The van der Waals surface area contributed by atoms with Crippen LogP contribution in [0, 0.1) is 13.8 Å². The van der Waals surface area contributed by atoms with Crippen LogP contribution in [0.5, 0.6) is 0 Å². The third-order valence-corrected chi connectivity index (χ3v) is 7.09. The molecule has 1 fully saturated rings. The van der Waals surface area contributed by atoms with Gasteiger partial charge in [0.1, 0.15) is 6.04 Å². The number of para-hydroxylation sites is 2. The van der Waals surface area contributed by atoms with Gasteiger partial charge in [0.15, 0.2) is 11.0 Å². The molecular weight excluding hydrogens is 350 g/mol. The second-order valence-corrected chi connectivity index (χ2v) is 9.07. The van der Waals surface area contributed by atoms with Gasteiger partial charge in [0.05, 0.1) is 27.8 Å². The maximum atomic E-state index is 4.77. The van der Waals surface area contributed by atoms with Crippen LogP contribution in [0.1, 0.15) is 48.7 Å². The highest BCUT2D eigenvalue weighted by Crippen LogP contribution is 2.39. The summed E-state index contributed by atoms with van der Waals surface area (Å²) in [6.45, 7) is 4.35. The molecule has 4 aromatic rings. The van der Waals surface area contributed by atoms with Crippen LogP contribution < -0.4 is 4.57 Å². The Labute approximate surface area is 164 Å². The zero-order chi connectivity index (χ0) is 18.5. The summed E-state index contributed by atoms with van der Waals surface area (Å²) >= 11 is 1.82. The quantitative estimate of drug-likeness (QED) is 0.401. The van der Waals surface area contributed by atoms with Gasteiger partial charge in [-0.15, -0.1) is 11.3 Å². The lowest BCUT2D eigenvalue weighted by Crippen LogP contribution is -2.31. The molecule has 1 aliphatic carbocycles. The molecular formula is C23H26N3S+. The number of hydrogen-bond donors (Lipinski definition) is 0. The van der Waals surface area contributed by atoms with Crippen molar-refractivity contribution in [1.29, 1.82) is 0 Å². The standard InChI is InChI=1S/C23H26N3S/c1-15-13-14-18-22(27-16(2)24-18)21(15)23-25(3)19-11-7-8-12-20(19)26(23)17-9-5-4-6-10-17/h7-8,11-14,17H,4-6,9-10H2,1-3H3/q+1. The molecule has 0 aliphatic heterocycles. The predicted molar refractivity (Wildman–Crippen MR) is 113 cm³/mol. The fourth-order valence-electron chi connectivity index (χ4n) is 4.82. The predicted octanol–water partition coefficient (Wildman–Crippen LogP) is 5.86. The van der Waals surface area contributed by atoms with Crippen LogP contribution in [0.25, 0.3) is 32.6 Å². The van der Waals surface area contributed by atoms with Gasteiger partial charge in [0, 0.05) is 0 Å². The Morgan fingerprint density at radius 3 is 2.63 bits per heavy atom. The molecule has 5 rings (SSSR count). The highest BCUT2D eigenvalue weighted by atomic mass is 32.1. The minimum atomic E-state index is 0.587. The summed E-state index contributed by atoms with van der Waals surface area (Å²) in [5.74, 6) is 1.34. The lowest BCUT2D eigenvalue weighted by molar-refractivity contribution is -0.634. The van der Waals surface area contributed by atoms with E-state index >= 15 is 0 Å². The topological polar surface area (TPSA) is 21.7 Å². The van der Waals surface area contributed by atoms with E-state index < -0.39 is 0 Å². The summed E-state index contributed by atoms with van der Waals surface area (Å²) in [6.07, 6.45) is 6.61. The van der Waals surface area contributed by atoms with E-state index in [4.69, 9.17) is 4.98 Å². The van der Waals surface area contributed by atoms with Crippen molar-refractivity contribution < 1.29 is 4.57 Å². The molecule has 27 heavy (non-hydrogen) atoms. The Morgan fingerprint density at radius 1 is 1.04 bits per heavy atom. The number of imidazole rings is 1. The summed E-state index contributed by atoms with van der Waals surface area (Å²) in [4.78, 5) is 4.77. The zero-order valence-corrected chi connectivity index (χ0v) is 17.1. The molecule has 0 unspecified atom stereocenters. The smallest absolute Gasteiger partial charge is 0.241 e. The van der Waals surface area contributed by atoms with E-state index in [0.717, 1.165) is 10.5 Å². The third kappa shape index (κ3) is 2.61. The van der Waals surface area contributed by atoms with Crippen molar-refractivity contribution in [2.45, 2.75) is 52.0 Å². The van der Waals surface area contributed by atoms with Crippen LogP contribution in [0.4, 0.5) is 0 Å². The van der Waals surface area contributed by atoms with Gasteiger partial charge in [-0.05, 0) is 63.3 Å². The monoisotopic (exact) mass is 376 g/mol. The van der Waals surface area contributed by atoms with Gasteiger partial charge in [-0.1, -0.05) is 24.6 Å². The maximum absolute atomic E-state index is 4.77. The number of aromatic nitrogens is 3. The van der Waals surface area contributed by atoms with Crippen LogP contribution in [0.3, 0.4) is 0 Å². The van der Waals surface area contributed by atoms with Crippen molar-refractivity contribution in [3.8, 4) is 11.4 Å². The molecule has 4 heteroatoms. The van der Waals surface area contributed by atoms with E-state index in [9.17, 15) is 0 Å². The Kier molecular flexibility index (Phi) is 4.05. The molecule has 0 N–H and O–H groups in total. The summed E-state index contributed by atoms with van der Waals surface area (Å²) in [7, 11) is 2.23. The number of thiazole rings is 1. The number of fused-ring (bicyclic) bond motifs is 2. The van der Waals surface area contributed by atoms with E-state index in [1.807, 2.05) is 11.3 Å². The molecule has 2 aromatic carbocycles. The van der Waals surface area contributed by atoms with E-state index in [0.29, 0.717) is 6.04 Å². The van der Waals surface area contributed by atoms with Crippen LogP contribution in [0.2, 0.25) is 0 Å².